The van der Waals surface area contributed by atoms with Crippen molar-refractivity contribution in [1.82, 2.24) is 9.55 Å². The van der Waals surface area contributed by atoms with Gasteiger partial charge in [0.25, 0.3) is 10.0 Å². The van der Waals surface area contributed by atoms with Crippen LogP contribution >= 0.6 is 11.6 Å². The maximum Gasteiger partial charge on any atom is 0.264 e. The van der Waals surface area contributed by atoms with E-state index < -0.39 is 10.0 Å². The molecule has 0 aromatic carbocycles. The summed E-state index contributed by atoms with van der Waals surface area (Å²) in [6, 6.07) is 4.53. The van der Waals surface area contributed by atoms with Crippen molar-refractivity contribution in [2.75, 3.05) is 4.72 Å². The SMILES string of the molecule is Cn1cc(S(=O)(=O)Nc2ncccc2Cl)cc1CO. The van der Waals surface area contributed by atoms with E-state index in [0.717, 1.165) is 0 Å². The van der Waals surface area contributed by atoms with Crippen molar-refractivity contribution in [3.05, 3.63) is 41.3 Å². The molecular formula is C11H12ClN3O3S. The molecule has 0 radical (unpaired) electrons. The molecule has 0 amide bonds. The van der Waals surface area contributed by atoms with Crippen molar-refractivity contribution in [3.63, 3.8) is 0 Å². The standard InChI is InChI=1S/C11H12ClN3O3S/c1-15-6-9(5-8(15)7-16)19(17,18)14-11-10(12)3-2-4-13-11/h2-6,16H,7H2,1H3,(H,13,14). The minimum Gasteiger partial charge on any atom is -0.390 e. The first-order chi connectivity index (χ1) is 8.94. The normalized spacial score (nSPS) is 11.5. The summed E-state index contributed by atoms with van der Waals surface area (Å²) >= 11 is 5.85. The van der Waals surface area contributed by atoms with Gasteiger partial charge in [-0.1, -0.05) is 11.6 Å². The first-order valence-electron chi connectivity index (χ1n) is 5.33. The zero-order chi connectivity index (χ0) is 14.0. The topological polar surface area (TPSA) is 84.2 Å². The molecule has 0 spiro atoms. The average molecular weight is 302 g/mol. The van der Waals surface area contributed by atoms with Gasteiger partial charge in [0.15, 0.2) is 5.82 Å². The Bertz CT molecular complexity index is 697. The van der Waals surface area contributed by atoms with Gasteiger partial charge in [-0.05, 0) is 18.2 Å². The molecule has 102 valence electrons. The van der Waals surface area contributed by atoms with Crippen LogP contribution in [0.5, 0.6) is 0 Å². The van der Waals surface area contributed by atoms with Gasteiger partial charge in [0.2, 0.25) is 0 Å². The number of aryl methyl sites for hydroxylation is 1. The van der Waals surface area contributed by atoms with Gasteiger partial charge in [-0.3, -0.25) is 4.72 Å². The zero-order valence-corrected chi connectivity index (χ0v) is 11.6. The second-order valence-corrected chi connectivity index (χ2v) is 5.97. The van der Waals surface area contributed by atoms with Crippen molar-refractivity contribution >= 4 is 27.4 Å². The Morgan fingerprint density at radius 1 is 1.53 bits per heavy atom. The molecule has 0 aliphatic carbocycles. The molecular weight excluding hydrogens is 290 g/mol. The first-order valence-corrected chi connectivity index (χ1v) is 7.19. The predicted octanol–water partition coefficient (Wildman–Crippen LogP) is 1.37. The second-order valence-electron chi connectivity index (χ2n) is 3.88. The summed E-state index contributed by atoms with van der Waals surface area (Å²) < 4.78 is 28.1. The summed E-state index contributed by atoms with van der Waals surface area (Å²) in [6.07, 6.45) is 2.85. The fourth-order valence-corrected chi connectivity index (χ4v) is 2.88. The molecule has 0 atom stereocenters. The molecule has 6 nitrogen and oxygen atoms in total. The van der Waals surface area contributed by atoms with Crippen LogP contribution in [0, 0.1) is 0 Å². The van der Waals surface area contributed by atoms with Crippen LogP contribution in [0.1, 0.15) is 5.69 Å². The van der Waals surface area contributed by atoms with Gasteiger partial charge < -0.3 is 9.67 Å². The van der Waals surface area contributed by atoms with Gasteiger partial charge in [-0.15, -0.1) is 0 Å². The van der Waals surface area contributed by atoms with E-state index in [-0.39, 0.29) is 22.3 Å². The van der Waals surface area contributed by atoms with Gasteiger partial charge in [-0.2, -0.15) is 0 Å². The lowest BCUT2D eigenvalue weighted by Gasteiger charge is -2.06. The van der Waals surface area contributed by atoms with Gasteiger partial charge >= 0.3 is 0 Å². The maximum absolute atomic E-state index is 12.1. The number of halogens is 1. The minimum absolute atomic E-state index is 0.0424. The van der Waals surface area contributed by atoms with E-state index in [1.165, 1.54) is 29.1 Å². The third kappa shape index (κ3) is 2.89. The molecule has 0 saturated heterocycles. The number of aromatic nitrogens is 2. The van der Waals surface area contributed by atoms with Gasteiger partial charge in [0, 0.05) is 25.1 Å². The van der Waals surface area contributed by atoms with Crippen LogP contribution in [0.3, 0.4) is 0 Å². The number of nitrogens with one attached hydrogen (secondary N) is 1. The van der Waals surface area contributed by atoms with E-state index >= 15 is 0 Å². The van der Waals surface area contributed by atoms with E-state index in [1.54, 1.807) is 13.1 Å². The highest BCUT2D eigenvalue weighted by atomic mass is 35.5. The second kappa shape index (κ2) is 5.20. The Labute approximate surface area is 115 Å². The van der Waals surface area contributed by atoms with E-state index in [2.05, 4.69) is 9.71 Å². The number of aliphatic hydroxyl groups excluding tert-OH is 1. The van der Waals surface area contributed by atoms with Crippen LogP contribution in [0.25, 0.3) is 0 Å². The maximum atomic E-state index is 12.1. The molecule has 0 bridgehead atoms. The van der Waals surface area contributed by atoms with Crippen molar-refractivity contribution in [3.8, 4) is 0 Å². The zero-order valence-electron chi connectivity index (χ0n) is 10.0. The molecule has 2 aromatic rings. The van der Waals surface area contributed by atoms with Crippen molar-refractivity contribution in [2.24, 2.45) is 7.05 Å². The van der Waals surface area contributed by atoms with Gasteiger partial charge in [0.05, 0.1) is 11.6 Å². The van der Waals surface area contributed by atoms with E-state index in [9.17, 15) is 8.42 Å². The Morgan fingerprint density at radius 2 is 2.26 bits per heavy atom. The van der Waals surface area contributed by atoms with Crippen LogP contribution in [-0.4, -0.2) is 23.1 Å². The summed E-state index contributed by atoms with van der Waals surface area (Å²) in [4.78, 5) is 3.90. The fraction of sp³-hybridized carbons (Fsp3) is 0.182. The third-order valence-electron chi connectivity index (χ3n) is 2.54. The number of sulfonamides is 1. The molecule has 0 aliphatic heterocycles. The average Bonchev–Trinajstić information content (AvgIpc) is 2.74. The number of hydrogen-bond donors (Lipinski definition) is 2. The van der Waals surface area contributed by atoms with Crippen LogP contribution in [0.15, 0.2) is 35.5 Å². The van der Waals surface area contributed by atoms with Crippen molar-refractivity contribution in [1.29, 1.82) is 0 Å². The molecule has 0 fully saturated rings. The van der Waals surface area contributed by atoms with Crippen molar-refractivity contribution < 1.29 is 13.5 Å². The number of hydrogen-bond acceptors (Lipinski definition) is 4. The lowest BCUT2D eigenvalue weighted by molar-refractivity contribution is 0.272. The molecule has 2 rings (SSSR count). The lowest BCUT2D eigenvalue weighted by atomic mass is 10.5. The highest BCUT2D eigenvalue weighted by Crippen LogP contribution is 2.22. The van der Waals surface area contributed by atoms with E-state index in [0.29, 0.717) is 5.69 Å². The molecule has 2 N–H and O–H groups in total. The largest absolute Gasteiger partial charge is 0.390 e. The fourth-order valence-electron chi connectivity index (χ4n) is 1.53. The number of aliphatic hydroxyl groups is 1. The number of rotatable bonds is 4. The van der Waals surface area contributed by atoms with E-state index in [1.807, 2.05) is 0 Å². The molecule has 0 aliphatic rings. The summed E-state index contributed by atoms with van der Waals surface area (Å²) in [6.45, 7) is -0.240. The Balaban J connectivity index is 2.35. The highest BCUT2D eigenvalue weighted by Gasteiger charge is 2.19. The highest BCUT2D eigenvalue weighted by molar-refractivity contribution is 7.92. The summed E-state index contributed by atoms with van der Waals surface area (Å²) in [5.41, 5.74) is 0.493. The van der Waals surface area contributed by atoms with Crippen LogP contribution in [-0.2, 0) is 23.7 Å². The number of nitrogens with zero attached hydrogens (tertiary/aromatic N) is 2. The smallest absolute Gasteiger partial charge is 0.264 e. The van der Waals surface area contributed by atoms with Gasteiger partial charge in [-0.25, -0.2) is 13.4 Å². The minimum atomic E-state index is -3.78. The quantitative estimate of drug-likeness (QED) is 0.893. The van der Waals surface area contributed by atoms with Crippen molar-refractivity contribution in [2.45, 2.75) is 11.5 Å². The Morgan fingerprint density at radius 3 is 2.84 bits per heavy atom. The monoisotopic (exact) mass is 301 g/mol. The molecule has 0 unspecified atom stereocenters. The number of pyridine rings is 1. The number of anilines is 1. The van der Waals surface area contributed by atoms with Crippen LogP contribution in [0.4, 0.5) is 5.82 Å². The first kappa shape index (κ1) is 13.9. The van der Waals surface area contributed by atoms with Crippen LogP contribution < -0.4 is 4.72 Å². The molecule has 2 aromatic heterocycles. The summed E-state index contributed by atoms with van der Waals surface area (Å²) in [5.74, 6) is 0.0681. The van der Waals surface area contributed by atoms with E-state index in [4.69, 9.17) is 16.7 Å². The van der Waals surface area contributed by atoms with Crippen LogP contribution in [0.2, 0.25) is 5.02 Å². The molecule has 2 heterocycles. The third-order valence-corrected chi connectivity index (χ3v) is 4.16. The summed E-state index contributed by atoms with van der Waals surface area (Å²) in [5, 5.41) is 9.27. The lowest BCUT2D eigenvalue weighted by Crippen LogP contribution is -2.13. The summed E-state index contributed by atoms with van der Waals surface area (Å²) in [7, 11) is -2.13. The van der Waals surface area contributed by atoms with Gasteiger partial charge in [0.1, 0.15) is 4.90 Å². The molecule has 8 heteroatoms. The predicted molar refractivity (Wildman–Crippen MR) is 71.4 cm³/mol. The molecule has 0 saturated carbocycles. The Kier molecular flexibility index (Phi) is 3.79. The molecule has 19 heavy (non-hydrogen) atoms. The Hall–Kier alpha value is -1.57.